The van der Waals surface area contributed by atoms with E-state index < -0.39 is 0 Å². The van der Waals surface area contributed by atoms with Crippen LogP contribution in [0.3, 0.4) is 0 Å². The number of benzene rings is 1. The first kappa shape index (κ1) is 14.2. The van der Waals surface area contributed by atoms with E-state index in [9.17, 15) is 4.39 Å². The van der Waals surface area contributed by atoms with Gasteiger partial charge in [-0.15, -0.1) is 0 Å². The normalized spacial score (nSPS) is 10.4. The lowest BCUT2D eigenvalue weighted by Crippen LogP contribution is -2.15. The molecule has 0 spiro atoms. The standard InChI is InChI=1S/C14H18FN5/c1-5-16-13-17-12(18-14(19-13)20(3)4)10-6-9(2)7-11(15)8-10/h6-8H,5H2,1-4H3,(H,16,17,18,19). The first-order valence-electron chi connectivity index (χ1n) is 6.44. The summed E-state index contributed by atoms with van der Waals surface area (Å²) in [6.45, 7) is 4.51. The summed E-state index contributed by atoms with van der Waals surface area (Å²) in [5.41, 5.74) is 1.48. The van der Waals surface area contributed by atoms with Gasteiger partial charge in [0, 0.05) is 26.2 Å². The SMILES string of the molecule is CCNc1nc(-c2cc(C)cc(F)c2)nc(N(C)C)n1. The maximum absolute atomic E-state index is 13.5. The number of aromatic nitrogens is 3. The Morgan fingerprint density at radius 2 is 1.90 bits per heavy atom. The first-order chi connectivity index (χ1) is 9.49. The van der Waals surface area contributed by atoms with Crippen LogP contribution >= 0.6 is 0 Å². The van der Waals surface area contributed by atoms with Crippen LogP contribution in [0.5, 0.6) is 0 Å². The van der Waals surface area contributed by atoms with Gasteiger partial charge in [-0.1, -0.05) is 0 Å². The van der Waals surface area contributed by atoms with Gasteiger partial charge in [0.15, 0.2) is 5.82 Å². The van der Waals surface area contributed by atoms with Gasteiger partial charge >= 0.3 is 0 Å². The van der Waals surface area contributed by atoms with Crippen molar-refractivity contribution in [2.45, 2.75) is 13.8 Å². The summed E-state index contributed by atoms with van der Waals surface area (Å²) >= 11 is 0. The number of aryl methyl sites for hydroxylation is 1. The van der Waals surface area contributed by atoms with E-state index in [4.69, 9.17) is 0 Å². The molecule has 0 bridgehead atoms. The molecule has 20 heavy (non-hydrogen) atoms. The lowest BCUT2D eigenvalue weighted by Gasteiger charge is -2.13. The minimum absolute atomic E-state index is 0.295. The second-order valence-electron chi connectivity index (χ2n) is 4.72. The van der Waals surface area contributed by atoms with Crippen molar-refractivity contribution in [2.24, 2.45) is 0 Å². The highest BCUT2D eigenvalue weighted by Crippen LogP contribution is 2.21. The number of nitrogens with one attached hydrogen (secondary N) is 1. The molecular weight excluding hydrogens is 257 g/mol. The summed E-state index contributed by atoms with van der Waals surface area (Å²) < 4.78 is 13.5. The summed E-state index contributed by atoms with van der Waals surface area (Å²) in [5.74, 6) is 1.19. The van der Waals surface area contributed by atoms with Crippen molar-refractivity contribution in [3.05, 3.63) is 29.6 Å². The zero-order valence-electron chi connectivity index (χ0n) is 12.1. The second-order valence-corrected chi connectivity index (χ2v) is 4.72. The molecule has 0 aliphatic heterocycles. The maximum Gasteiger partial charge on any atom is 0.230 e. The number of anilines is 2. The average molecular weight is 275 g/mol. The average Bonchev–Trinajstić information content (AvgIpc) is 2.37. The minimum atomic E-state index is -0.295. The molecule has 2 rings (SSSR count). The predicted molar refractivity (Wildman–Crippen MR) is 78.4 cm³/mol. The second kappa shape index (κ2) is 5.81. The molecule has 0 radical (unpaired) electrons. The van der Waals surface area contributed by atoms with Crippen LogP contribution in [0, 0.1) is 12.7 Å². The van der Waals surface area contributed by atoms with Crippen molar-refractivity contribution >= 4 is 11.9 Å². The van der Waals surface area contributed by atoms with Crippen molar-refractivity contribution in [1.29, 1.82) is 0 Å². The van der Waals surface area contributed by atoms with Crippen molar-refractivity contribution in [1.82, 2.24) is 15.0 Å². The zero-order valence-corrected chi connectivity index (χ0v) is 12.1. The van der Waals surface area contributed by atoms with Crippen LogP contribution in [0.25, 0.3) is 11.4 Å². The molecule has 2 aromatic rings. The van der Waals surface area contributed by atoms with E-state index in [1.807, 2.05) is 34.0 Å². The van der Waals surface area contributed by atoms with E-state index in [0.29, 0.717) is 29.8 Å². The van der Waals surface area contributed by atoms with Crippen molar-refractivity contribution in [3.63, 3.8) is 0 Å². The number of hydrogen-bond acceptors (Lipinski definition) is 5. The molecule has 1 N–H and O–H groups in total. The fraction of sp³-hybridized carbons (Fsp3) is 0.357. The summed E-state index contributed by atoms with van der Waals surface area (Å²) in [7, 11) is 3.71. The number of rotatable bonds is 4. The third-order valence-corrected chi connectivity index (χ3v) is 2.66. The Morgan fingerprint density at radius 3 is 2.50 bits per heavy atom. The van der Waals surface area contributed by atoms with Crippen molar-refractivity contribution in [2.75, 3.05) is 30.9 Å². The molecule has 6 heteroatoms. The molecular formula is C14H18FN5. The molecule has 106 valence electrons. The van der Waals surface area contributed by atoms with Gasteiger partial charge in [-0.05, 0) is 37.6 Å². The summed E-state index contributed by atoms with van der Waals surface area (Å²) in [5, 5.41) is 3.06. The molecule has 0 saturated carbocycles. The quantitative estimate of drug-likeness (QED) is 0.929. The van der Waals surface area contributed by atoms with Crippen LogP contribution in [-0.4, -0.2) is 35.6 Å². The third-order valence-electron chi connectivity index (χ3n) is 2.66. The van der Waals surface area contributed by atoms with Crippen LogP contribution in [-0.2, 0) is 0 Å². The van der Waals surface area contributed by atoms with E-state index in [2.05, 4.69) is 20.3 Å². The molecule has 0 saturated heterocycles. The number of hydrogen-bond donors (Lipinski definition) is 1. The Labute approximate surface area is 117 Å². The van der Waals surface area contributed by atoms with Gasteiger partial charge < -0.3 is 10.2 Å². The van der Waals surface area contributed by atoms with Gasteiger partial charge in [0.25, 0.3) is 0 Å². The van der Waals surface area contributed by atoms with Gasteiger partial charge in [-0.3, -0.25) is 0 Å². The van der Waals surface area contributed by atoms with Gasteiger partial charge in [-0.2, -0.15) is 15.0 Å². The van der Waals surface area contributed by atoms with Crippen LogP contribution < -0.4 is 10.2 Å². The topological polar surface area (TPSA) is 53.9 Å². The predicted octanol–water partition coefficient (Wildman–Crippen LogP) is 2.48. The van der Waals surface area contributed by atoms with Gasteiger partial charge in [0.1, 0.15) is 5.82 Å². The largest absolute Gasteiger partial charge is 0.354 e. The molecule has 0 aliphatic carbocycles. The Bertz CT molecular complexity index is 592. The molecule has 0 atom stereocenters. The highest BCUT2D eigenvalue weighted by atomic mass is 19.1. The molecule has 5 nitrogen and oxygen atoms in total. The maximum atomic E-state index is 13.5. The summed E-state index contributed by atoms with van der Waals surface area (Å²) in [6, 6.07) is 4.76. The lowest BCUT2D eigenvalue weighted by molar-refractivity contribution is 0.627. The zero-order chi connectivity index (χ0) is 14.7. The van der Waals surface area contributed by atoms with E-state index in [1.165, 1.54) is 12.1 Å². The highest BCUT2D eigenvalue weighted by molar-refractivity contribution is 5.59. The lowest BCUT2D eigenvalue weighted by atomic mass is 10.1. The number of nitrogens with zero attached hydrogens (tertiary/aromatic N) is 4. The van der Waals surface area contributed by atoms with Crippen molar-refractivity contribution < 1.29 is 4.39 Å². The smallest absolute Gasteiger partial charge is 0.230 e. The molecule has 1 heterocycles. The van der Waals surface area contributed by atoms with E-state index in [-0.39, 0.29) is 5.82 Å². The van der Waals surface area contributed by atoms with Gasteiger partial charge in [0.2, 0.25) is 11.9 Å². The molecule has 1 aromatic heterocycles. The molecule has 0 unspecified atom stereocenters. The fourth-order valence-electron chi connectivity index (χ4n) is 1.80. The molecule has 0 fully saturated rings. The summed E-state index contributed by atoms with van der Waals surface area (Å²) in [4.78, 5) is 14.8. The van der Waals surface area contributed by atoms with Gasteiger partial charge in [-0.25, -0.2) is 4.39 Å². The molecule has 0 aliphatic rings. The minimum Gasteiger partial charge on any atom is -0.354 e. The molecule has 0 amide bonds. The van der Waals surface area contributed by atoms with Crippen LogP contribution in [0.4, 0.5) is 16.3 Å². The fourth-order valence-corrected chi connectivity index (χ4v) is 1.80. The van der Waals surface area contributed by atoms with E-state index in [1.54, 1.807) is 4.90 Å². The van der Waals surface area contributed by atoms with Gasteiger partial charge in [0.05, 0.1) is 0 Å². The molecule has 1 aromatic carbocycles. The van der Waals surface area contributed by atoms with Crippen LogP contribution in [0.2, 0.25) is 0 Å². The third kappa shape index (κ3) is 3.20. The monoisotopic (exact) mass is 275 g/mol. The van der Waals surface area contributed by atoms with E-state index >= 15 is 0 Å². The van der Waals surface area contributed by atoms with Crippen LogP contribution in [0.1, 0.15) is 12.5 Å². The Kier molecular flexibility index (Phi) is 4.12. The number of halogens is 1. The van der Waals surface area contributed by atoms with Crippen molar-refractivity contribution in [3.8, 4) is 11.4 Å². The first-order valence-corrected chi connectivity index (χ1v) is 6.44. The Balaban J connectivity index is 2.54. The Hall–Kier alpha value is -2.24. The highest BCUT2D eigenvalue weighted by Gasteiger charge is 2.10. The summed E-state index contributed by atoms with van der Waals surface area (Å²) in [6.07, 6.45) is 0. The van der Waals surface area contributed by atoms with E-state index in [0.717, 1.165) is 5.56 Å². The Morgan fingerprint density at radius 1 is 1.15 bits per heavy atom. The van der Waals surface area contributed by atoms with Crippen LogP contribution in [0.15, 0.2) is 18.2 Å².